The highest BCUT2D eigenvalue weighted by Gasteiger charge is 2.18. The van der Waals surface area contributed by atoms with Gasteiger partial charge in [-0.2, -0.15) is 0 Å². The number of hydrogen-bond donors (Lipinski definition) is 3. The Bertz CT molecular complexity index is 431. The van der Waals surface area contributed by atoms with Crippen molar-refractivity contribution in [3.63, 3.8) is 0 Å². The van der Waals surface area contributed by atoms with E-state index in [9.17, 15) is 14.4 Å². The molecule has 104 valence electrons. The van der Waals surface area contributed by atoms with Crippen molar-refractivity contribution in [2.45, 2.75) is 6.42 Å². The molecule has 0 bridgehead atoms. The number of urea groups is 1. The zero-order valence-electron chi connectivity index (χ0n) is 10.2. The van der Waals surface area contributed by atoms with Crippen LogP contribution in [0.25, 0.3) is 0 Å². The molecular formula is C11H15N3O4S. The minimum atomic E-state index is -1.20. The lowest BCUT2D eigenvalue weighted by atomic mass is 10.3. The summed E-state index contributed by atoms with van der Waals surface area (Å²) in [5.41, 5.74) is 4.96. The van der Waals surface area contributed by atoms with Crippen LogP contribution in [0, 0.1) is 0 Å². The molecule has 0 fully saturated rings. The number of thiophene rings is 1. The molecule has 0 atom stereocenters. The molecule has 0 aliphatic heterocycles. The standard InChI is InChI=1S/C11H15N3O4S/c12-9(15)6-14(7-10(16)17)11(18)13-4-3-8-2-1-5-19-8/h1-2,5H,3-4,6-7H2,(H2,12,15)(H,13,18)(H,16,17). The van der Waals surface area contributed by atoms with E-state index >= 15 is 0 Å². The monoisotopic (exact) mass is 285 g/mol. The number of aliphatic carboxylic acids is 1. The first-order valence-corrected chi connectivity index (χ1v) is 6.42. The lowest BCUT2D eigenvalue weighted by Crippen LogP contribution is -2.47. The molecule has 7 nitrogen and oxygen atoms in total. The van der Waals surface area contributed by atoms with Gasteiger partial charge in [0.15, 0.2) is 0 Å². The number of primary amides is 1. The molecule has 1 rings (SSSR count). The van der Waals surface area contributed by atoms with Crippen LogP contribution in [0.5, 0.6) is 0 Å². The molecule has 0 aliphatic carbocycles. The Morgan fingerprint density at radius 1 is 1.37 bits per heavy atom. The van der Waals surface area contributed by atoms with Gasteiger partial charge in [-0.05, 0) is 17.9 Å². The number of nitrogens with one attached hydrogen (secondary N) is 1. The third kappa shape index (κ3) is 5.87. The maximum Gasteiger partial charge on any atom is 0.323 e. The van der Waals surface area contributed by atoms with Crippen molar-refractivity contribution in [2.75, 3.05) is 19.6 Å². The van der Waals surface area contributed by atoms with E-state index in [4.69, 9.17) is 10.8 Å². The van der Waals surface area contributed by atoms with E-state index in [1.165, 1.54) is 0 Å². The third-order valence-electron chi connectivity index (χ3n) is 2.19. The number of amides is 3. The number of nitrogens with two attached hydrogens (primary N) is 1. The summed E-state index contributed by atoms with van der Waals surface area (Å²) in [7, 11) is 0. The van der Waals surface area contributed by atoms with Gasteiger partial charge in [-0.25, -0.2) is 4.79 Å². The largest absolute Gasteiger partial charge is 0.480 e. The first-order chi connectivity index (χ1) is 8.99. The molecule has 0 aliphatic rings. The Hall–Kier alpha value is -2.09. The van der Waals surface area contributed by atoms with Gasteiger partial charge >= 0.3 is 12.0 Å². The molecule has 0 spiro atoms. The number of carbonyl (C=O) groups excluding carboxylic acids is 2. The van der Waals surface area contributed by atoms with Crippen LogP contribution in [-0.2, 0) is 16.0 Å². The fourth-order valence-electron chi connectivity index (χ4n) is 1.41. The van der Waals surface area contributed by atoms with Crippen molar-refractivity contribution in [3.05, 3.63) is 22.4 Å². The summed E-state index contributed by atoms with van der Waals surface area (Å²) in [5, 5.41) is 13.1. The van der Waals surface area contributed by atoms with Crippen molar-refractivity contribution in [2.24, 2.45) is 5.73 Å². The highest BCUT2D eigenvalue weighted by atomic mass is 32.1. The molecule has 0 saturated carbocycles. The average Bonchev–Trinajstić information content (AvgIpc) is 2.79. The number of carboxylic acids is 1. The van der Waals surface area contributed by atoms with Crippen molar-refractivity contribution >= 4 is 29.2 Å². The van der Waals surface area contributed by atoms with Gasteiger partial charge in [0.1, 0.15) is 13.1 Å². The molecule has 4 N–H and O–H groups in total. The van der Waals surface area contributed by atoms with Gasteiger partial charge in [-0.15, -0.1) is 11.3 Å². The molecule has 0 saturated heterocycles. The number of nitrogens with zero attached hydrogens (tertiary/aromatic N) is 1. The highest BCUT2D eigenvalue weighted by molar-refractivity contribution is 7.09. The van der Waals surface area contributed by atoms with Crippen LogP contribution in [0.2, 0.25) is 0 Å². The van der Waals surface area contributed by atoms with Gasteiger partial charge in [0.25, 0.3) is 0 Å². The fraction of sp³-hybridized carbons (Fsp3) is 0.364. The van der Waals surface area contributed by atoms with Gasteiger partial charge in [-0.3, -0.25) is 9.59 Å². The molecule has 1 heterocycles. The SMILES string of the molecule is NC(=O)CN(CC(=O)O)C(=O)NCCc1cccs1. The quantitative estimate of drug-likeness (QED) is 0.647. The summed E-state index contributed by atoms with van der Waals surface area (Å²) >= 11 is 1.57. The zero-order valence-corrected chi connectivity index (χ0v) is 11.0. The fourth-order valence-corrected chi connectivity index (χ4v) is 2.12. The second kappa shape index (κ2) is 7.37. The minimum absolute atomic E-state index is 0.369. The van der Waals surface area contributed by atoms with Gasteiger partial charge in [0.05, 0.1) is 0 Å². The number of rotatable bonds is 7. The van der Waals surface area contributed by atoms with Crippen LogP contribution in [0.4, 0.5) is 4.79 Å². The average molecular weight is 285 g/mol. The Morgan fingerprint density at radius 3 is 2.63 bits per heavy atom. The number of carbonyl (C=O) groups is 3. The Kier molecular flexibility index (Phi) is 5.80. The maximum atomic E-state index is 11.7. The topological polar surface area (TPSA) is 113 Å². The van der Waals surface area contributed by atoms with Crippen molar-refractivity contribution in [3.8, 4) is 0 Å². The third-order valence-corrected chi connectivity index (χ3v) is 3.12. The van der Waals surface area contributed by atoms with Gasteiger partial charge in [-0.1, -0.05) is 6.07 Å². The first kappa shape index (κ1) is 15.0. The summed E-state index contributed by atoms with van der Waals surface area (Å²) in [6.07, 6.45) is 0.654. The van der Waals surface area contributed by atoms with Gasteiger partial charge in [0.2, 0.25) is 5.91 Å². The molecule has 1 aromatic rings. The van der Waals surface area contributed by atoms with Crippen molar-refractivity contribution < 1.29 is 19.5 Å². The second-order valence-corrected chi connectivity index (χ2v) is 4.81. The van der Waals surface area contributed by atoms with Crippen LogP contribution in [0.3, 0.4) is 0 Å². The smallest absolute Gasteiger partial charge is 0.323 e. The molecule has 8 heteroatoms. The predicted octanol–water partition coefficient (Wildman–Crippen LogP) is -0.128. The van der Waals surface area contributed by atoms with E-state index in [0.29, 0.717) is 13.0 Å². The first-order valence-electron chi connectivity index (χ1n) is 5.54. The normalized spacial score (nSPS) is 9.89. The Morgan fingerprint density at radius 2 is 2.11 bits per heavy atom. The van der Waals surface area contributed by atoms with Crippen LogP contribution in [0.15, 0.2) is 17.5 Å². The van der Waals surface area contributed by atoms with E-state index in [0.717, 1.165) is 9.78 Å². The molecule has 0 unspecified atom stereocenters. The van der Waals surface area contributed by atoms with E-state index in [1.54, 1.807) is 11.3 Å². The molecule has 3 amide bonds. The van der Waals surface area contributed by atoms with Crippen molar-refractivity contribution in [1.29, 1.82) is 0 Å². The van der Waals surface area contributed by atoms with E-state index < -0.39 is 31.0 Å². The lowest BCUT2D eigenvalue weighted by molar-refractivity contribution is -0.137. The minimum Gasteiger partial charge on any atom is -0.480 e. The number of carboxylic acid groups (broad SMARTS) is 1. The second-order valence-electron chi connectivity index (χ2n) is 3.78. The summed E-state index contributed by atoms with van der Waals surface area (Å²) in [6.45, 7) is -0.612. The predicted molar refractivity (Wildman–Crippen MR) is 69.8 cm³/mol. The number of hydrogen-bond acceptors (Lipinski definition) is 4. The van der Waals surface area contributed by atoms with E-state index in [-0.39, 0.29) is 0 Å². The molecule has 0 aromatic carbocycles. The molecule has 1 aromatic heterocycles. The van der Waals surface area contributed by atoms with Gasteiger partial charge < -0.3 is 21.1 Å². The summed E-state index contributed by atoms with van der Waals surface area (Å²) in [4.78, 5) is 35.0. The zero-order chi connectivity index (χ0) is 14.3. The molecular weight excluding hydrogens is 270 g/mol. The lowest BCUT2D eigenvalue weighted by Gasteiger charge is -2.19. The van der Waals surface area contributed by atoms with Crippen LogP contribution < -0.4 is 11.1 Å². The van der Waals surface area contributed by atoms with Crippen LogP contribution in [-0.4, -0.2) is 47.5 Å². The summed E-state index contributed by atoms with van der Waals surface area (Å²) < 4.78 is 0. The Labute approximate surface area is 114 Å². The van der Waals surface area contributed by atoms with Crippen LogP contribution in [0.1, 0.15) is 4.88 Å². The van der Waals surface area contributed by atoms with Gasteiger partial charge in [0, 0.05) is 11.4 Å². The highest BCUT2D eigenvalue weighted by Crippen LogP contribution is 2.08. The summed E-state index contributed by atoms with van der Waals surface area (Å²) in [5.74, 6) is -1.95. The Balaban J connectivity index is 2.42. The van der Waals surface area contributed by atoms with E-state index in [2.05, 4.69) is 5.32 Å². The molecule has 0 radical (unpaired) electrons. The molecule has 19 heavy (non-hydrogen) atoms. The maximum absolute atomic E-state index is 11.7. The van der Waals surface area contributed by atoms with Crippen LogP contribution >= 0.6 is 11.3 Å². The van der Waals surface area contributed by atoms with Crippen molar-refractivity contribution in [1.82, 2.24) is 10.2 Å². The summed E-state index contributed by atoms with van der Waals surface area (Å²) in [6, 6.07) is 3.23. The van der Waals surface area contributed by atoms with E-state index in [1.807, 2.05) is 17.5 Å².